The Balaban J connectivity index is 0.000000208. The van der Waals surface area contributed by atoms with Crippen molar-refractivity contribution in [2.75, 3.05) is 0 Å². The summed E-state index contributed by atoms with van der Waals surface area (Å²) >= 11 is 4.03. The van der Waals surface area contributed by atoms with Crippen molar-refractivity contribution in [1.82, 2.24) is 0 Å². The maximum atomic E-state index is 6.33. The molecule has 5 rings (SSSR count). The van der Waals surface area contributed by atoms with E-state index in [4.69, 9.17) is 9.31 Å². The van der Waals surface area contributed by atoms with Gasteiger partial charge in [0.15, 0.2) is 0 Å². The zero-order valence-corrected chi connectivity index (χ0v) is 30.8. The molecule has 222 valence electrons. The molecule has 0 N–H and O–H groups in total. The highest BCUT2D eigenvalue weighted by Crippen LogP contribution is 2.37. The first-order valence-electron chi connectivity index (χ1n) is 15.8. The van der Waals surface area contributed by atoms with Gasteiger partial charge >= 0.3 is 7.12 Å². The second-order valence-electron chi connectivity index (χ2n) is 12.8. The number of hydrogen-bond donors (Lipinski definition) is 0. The molecule has 41 heavy (non-hydrogen) atoms. The van der Waals surface area contributed by atoms with E-state index in [0.29, 0.717) is 0 Å². The fraction of sp³-hybridized carbons (Fsp3) is 0.529. The fourth-order valence-electron chi connectivity index (χ4n) is 6.29. The molecule has 2 nitrogen and oxygen atoms in total. The Kier molecular flexibility index (Phi) is 10.2. The molecule has 7 heteroatoms. The van der Waals surface area contributed by atoms with Crippen molar-refractivity contribution < 1.29 is 9.31 Å². The monoisotopic (exact) mass is 622 g/mol. The lowest BCUT2D eigenvalue weighted by Gasteiger charge is -2.32. The van der Waals surface area contributed by atoms with E-state index in [9.17, 15) is 0 Å². The first-order chi connectivity index (χ1) is 19.4. The number of thiophene rings is 2. The Morgan fingerprint density at radius 3 is 1.59 bits per heavy atom. The van der Waals surface area contributed by atoms with Crippen LogP contribution in [-0.4, -0.2) is 34.5 Å². The molecule has 0 spiro atoms. The largest absolute Gasteiger partial charge is 0.496 e. The van der Waals surface area contributed by atoms with Crippen LogP contribution in [0.15, 0.2) is 54.6 Å². The maximum Gasteiger partial charge on any atom is 0.496 e. The molecule has 1 saturated heterocycles. The van der Waals surface area contributed by atoms with Crippen LogP contribution in [0.4, 0.5) is 0 Å². The molecule has 0 saturated carbocycles. The highest BCUT2D eigenvalue weighted by Gasteiger charge is 2.52. The summed E-state index contributed by atoms with van der Waals surface area (Å²) in [4.78, 5) is 0. The Labute approximate surface area is 260 Å². The molecule has 2 aromatic carbocycles. The average Bonchev–Trinajstić information content (AvgIpc) is 3.65. The minimum absolute atomic E-state index is 0.277. The van der Waals surface area contributed by atoms with Gasteiger partial charge in [-0.2, -0.15) is 0 Å². The smallest absolute Gasteiger partial charge is 0.399 e. The molecular weight excluding hydrogens is 571 g/mol. The lowest BCUT2D eigenvalue weighted by Crippen LogP contribution is -2.43. The van der Waals surface area contributed by atoms with E-state index in [-0.39, 0.29) is 18.3 Å². The second kappa shape index (κ2) is 12.8. The molecule has 1 aliphatic rings. The third-order valence-corrected chi connectivity index (χ3v) is 26.3. The standard InChI is InChI=1S/C20H31BO2SSi.C14H20SSi/c1-8-25(9-2,10-3)17-14-15-12-11-13-16(18(15)24-17)21-22-19(4,5)20(6,7)23-21;1-4-16(5-2,6-3)14-11-12-9-7-8-10-13(12)15-14/h11-14H,8-10H2,1-7H3;7-11H,4-6H2,1-3H3. The van der Waals surface area contributed by atoms with E-state index in [1.807, 2.05) is 22.7 Å². The number of hydrogen-bond acceptors (Lipinski definition) is 4. The van der Waals surface area contributed by atoms with Gasteiger partial charge in [0.1, 0.15) is 0 Å². The molecule has 1 aliphatic heterocycles. The summed E-state index contributed by atoms with van der Waals surface area (Å²) in [6, 6.07) is 28.4. The van der Waals surface area contributed by atoms with Crippen molar-refractivity contribution in [1.29, 1.82) is 0 Å². The van der Waals surface area contributed by atoms with Crippen molar-refractivity contribution in [3.05, 3.63) is 54.6 Å². The molecule has 0 radical (unpaired) electrons. The summed E-state index contributed by atoms with van der Waals surface area (Å²) in [6.45, 7) is 22.7. The summed E-state index contributed by atoms with van der Waals surface area (Å²) in [6.07, 6.45) is 0. The van der Waals surface area contributed by atoms with Crippen molar-refractivity contribution in [2.45, 2.75) is 117 Å². The van der Waals surface area contributed by atoms with E-state index in [0.717, 1.165) is 0 Å². The predicted molar refractivity (Wildman–Crippen MR) is 193 cm³/mol. The normalized spacial score (nSPS) is 16.8. The molecule has 3 heterocycles. The molecule has 4 aromatic rings. The quantitative estimate of drug-likeness (QED) is 0.173. The minimum atomic E-state index is -1.36. The van der Waals surface area contributed by atoms with E-state index in [1.165, 1.54) is 61.9 Å². The molecule has 2 aromatic heterocycles. The van der Waals surface area contributed by atoms with Gasteiger partial charge in [-0.15, -0.1) is 22.7 Å². The van der Waals surface area contributed by atoms with Crippen molar-refractivity contribution in [2.24, 2.45) is 0 Å². The molecule has 0 unspecified atom stereocenters. The minimum Gasteiger partial charge on any atom is -0.399 e. The van der Waals surface area contributed by atoms with Gasteiger partial charge in [0, 0.05) is 14.9 Å². The lowest BCUT2D eigenvalue weighted by molar-refractivity contribution is 0.00578. The molecule has 0 aliphatic carbocycles. The Morgan fingerprint density at radius 2 is 1.07 bits per heavy atom. The van der Waals surface area contributed by atoms with Crippen LogP contribution < -0.4 is 14.5 Å². The van der Waals surface area contributed by atoms with E-state index in [2.05, 4.69) is 124 Å². The number of fused-ring (bicyclic) bond motifs is 2. The second-order valence-corrected chi connectivity index (χ2v) is 26.1. The zero-order valence-electron chi connectivity index (χ0n) is 27.1. The molecule has 0 amide bonds. The zero-order chi connectivity index (χ0) is 30.1. The Hall–Kier alpha value is -1.22. The van der Waals surface area contributed by atoms with Gasteiger partial charge in [0.25, 0.3) is 0 Å². The average molecular weight is 623 g/mol. The van der Waals surface area contributed by atoms with Crippen LogP contribution in [0.5, 0.6) is 0 Å². The lowest BCUT2D eigenvalue weighted by atomic mass is 9.78. The van der Waals surface area contributed by atoms with Gasteiger partial charge in [-0.25, -0.2) is 0 Å². The summed E-state index contributed by atoms with van der Waals surface area (Å²) < 4.78 is 18.8. The van der Waals surface area contributed by atoms with Crippen LogP contribution in [0, 0.1) is 0 Å². The van der Waals surface area contributed by atoms with Gasteiger partial charge in [-0.1, -0.05) is 114 Å². The summed E-state index contributed by atoms with van der Waals surface area (Å²) in [5.74, 6) is 0. The van der Waals surface area contributed by atoms with Gasteiger partial charge < -0.3 is 9.31 Å². The van der Waals surface area contributed by atoms with Crippen LogP contribution in [-0.2, 0) is 9.31 Å². The van der Waals surface area contributed by atoms with Crippen molar-refractivity contribution in [3.63, 3.8) is 0 Å². The fourth-order valence-corrected chi connectivity index (χ4v) is 19.0. The number of rotatable bonds is 9. The van der Waals surface area contributed by atoms with Crippen LogP contribution in [0.25, 0.3) is 20.2 Å². The highest BCUT2D eigenvalue weighted by molar-refractivity contribution is 7.33. The van der Waals surface area contributed by atoms with Crippen molar-refractivity contribution in [3.8, 4) is 0 Å². The van der Waals surface area contributed by atoms with E-state index < -0.39 is 16.1 Å². The van der Waals surface area contributed by atoms with Crippen LogP contribution in [0.1, 0.15) is 69.2 Å². The third kappa shape index (κ3) is 6.09. The van der Waals surface area contributed by atoms with Gasteiger partial charge in [-0.3, -0.25) is 0 Å². The molecule has 1 fully saturated rings. The SMILES string of the molecule is CC[Si](CC)(CC)c1cc2cccc(B3OC(C)(C)C(C)(C)O3)c2s1.CC[Si](CC)(CC)c1cc2ccccc2s1. The van der Waals surface area contributed by atoms with Crippen LogP contribution in [0.2, 0.25) is 36.3 Å². The Morgan fingerprint density at radius 1 is 0.610 bits per heavy atom. The molecule has 0 atom stereocenters. The van der Waals surface area contributed by atoms with E-state index >= 15 is 0 Å². The number of benzene rings is 2. The Bertz CT molecular complexity index is 1380. The van der Waals surface area contributed by atoms with Gasteiger partial charge in [0.2, 0.25) is 0 Å². The maximum absolute atomic E-state index is 6.33. The predicted octanol–water partition coefficient (Wildman–Crippen LogP) is 9.53. The first-order valence-corrected chi connectivity index (χ1v) is 22.7. The summed E-state index contributed by atoms with van der Waals surface area (Å²) in [5, 5.41) is 2.79. The topological polar surface area (TPSA) is 18.5 Å². The molecular formula is C34H51BO2S2Si2. The van der Waals surface area contributed by atoms with Gasteiger partial charge in [0.05, 0.1) is 27.3 Å². The van der Waals surface area contributed by atoms with Crippen LogP contribution >= 0.6 is 22.7 Å². The summed E-state index contributed by atoms with van der Waals surface area (Å²) in [7, 11) is -2.79. The molecule has 0 bridgehead atoms. The first kappa shape index (κ1) is 32.7. The van der Waals surface area contributed by atoms with Crippen LogP contribution in [0.3, 0.4) is 0 Å². The van der Waals surface area contributed by atoms with E-state index in [1.54, 1.807) is 9.00 Å². The highest BCUT2D eigenvalue weighted by atomic mass is 32.1. The third-order valence-electron chi connectivity index (χ3n) is 10.6. The van der Waals surface area contributed by atoms with Gasteiger partial charge in [-0.05, 0) is 65.7 Å². The summed E-state index contributed by atoms with van der Waals surface area (Å²) in [5.41, 5.74) is 0.599. The van der Waals surface area contributed by atoms with Crippen molar-refractivity contribution >= 4 is 80.6 Å².